The number of hydrogen-bond acceptors (Lipinski definition) is 12. The predicted octanol–water partition coefficient (Wildman–Crippen LogP) is -0.823. The third-order valence-corrected chi connectivity index (χ3v) is 8.95. The van der Waals surface area contributed by atoms with Crippen molar-refractivity contribution in [2.75, 3.05) is 19.7 Å². The molecule has 0 bridgehead atoms. The van der Waals surface area contributed by atoms with Crippen LogP contribution < -0.4 is 22.3 Å². The summed E-state index contributed by atoms with van der Waals surface area (Å²) in [4.78, 5) is 74.2. The van der Waals surface area contributed by atoms with Gasteiger partial charge in [-0.1, -0.05) is 18.6 Å². The normalized spacial score (nSPS) is 22.7. The number of phosphoric ester groups is 1. The first-order valence-corrected chi connectivity index (χ1v) is 16.1. The van der Waals surface area contributed by atoms with Crippen LogP contribution in [0, 0.1) is 0 Å². The minimum absolute atomic E-state index is 0.00611. The number of aliphatic hydroxyl groups is 1. The number of hydrogen-bond donors (Lipinski definition) is 8. The first-order valence-electron chi connectivity index (χ1n) is 11.6. The molecule has 1 aromatic heterocycles. The Kier molecular flexibility index (Phi) is 12.8. The van der Waals surface area contributed by atoms with E-state index in [9.17, 15) is 43.0 Å². The lowest BCUT2D eigenvalue weighted by molar-refractivity contribution is -0.121. The van der Waals surface area contributed by atoms with Gasteiger partial charge in [0.2, 0.25) is 5.91 Å². The molecule has 0 aromatic carbocycles. The monoisotopic (exact) mass is 636 g/mol. The van der Waals surface area contributed by atoms with Crippen LogP contribution in [0.25, 0.3) is 6.08 Å². The summed E-state index contributed by atoms with van der Waals surface area (Å²) >= 11 is 0. The van der Waals surface area contributed by atoms with Gasteiger partial charge in [0, 0.05) is 25.6 Å². The molecule has 0 aliphatic carbocycles. The Morgan fingerprint density at radius 2 is 1.85 bits per heavy atom. The lowest BCUT2D eigenvalue weighted by atomic mass is 10.2. The molecule has 2 rings (SSSR count). The van der Waals surface area contributed by atoms with Gasteiger partial charge in [-0.3, -0.25) is 23.7 Å². The molecular formula is C18H31N4O15P3. The summed E-state index contributed by atoms with van der Waals surface area (Å²) in [5.74, 6) is -0.184. The molecule has 22 heteroatoms. The van der Waals surface area contributed by atoms with E-state index in [0.29, 0.717) is 19.4 Å². The highest BCUT2D eigenvalue weighted by Gasteiger charge is 2.43. The molecule has 1 aliphatic heterocycles. The SMILES string of the molecule is NCCCCCC(=O)NC/C=C/c1cn([C@H]2C[C@H](O)[C@@H](COP(=O)(O)OP(=O)(O)OP(=O)(O)O)O2)c(=O)[nH]c1=O. The Morgan fingerprint density at radius 1 is 1.15 bits per heavy atom. The number of carbonyl (C=O) groups is 1. The average Bonchev–Trinajstić information content (AvgIpc) is 3.17. The summed E-state index contributed by atoms with van der Waals surface area (Å²) in [5.41, 5.74) is 3.76. The first kappa shape index (κ1) is 34.4. The largest absolute Gasteiger partial charge is 0.490 e. The van der Waals surface area contributed by atoms with Gasteiger partial charge in [0.15, 0.2) is 0 Å². The lowest BCUT2D eigenvalue weighted by Crippen LogP contribution is -2.33. The average molecular weight is 636 g/mol. The maximum absolute atomic E-state index is 12.3. The van der Waals surface area contributed by atoms with E-state index >= 15 is 0 Å². The maximum Gasteiger partial charge on any atom is 0.490 e. The quantitative estimate of drug-likeness (QED) is 0.0811. The second-order valence-electron chi connectivity index (χ2n) is 8.38. The number of unbranched alkanes of at least 4 members (excludes halogenated alkanes) is 2. The minimum Gasteiger partial charge on any atom is -0.390 e. The van der Waals surface area contributed by atoms with Crippen LogP contribution in [0.15, 0.2) is 21.9 Å². The highest BCUT2D eigenvalue weighted by molar-refractivity contribution is 7.66. The fourth-order valence-corrected chi connectivity index (χ4v) is 6.42. The number of amides is 1. The summed E-state index contributed by atoms with van der Waals surface area (Å²) in [6, 6.07) is 0. The van der Waals surface area contributed by atoms with Gasteiger partial charge in [0.1, 0.15) is 12.3 Å². The molecule has 1 aliphatic rings. The fraction of sp³-hybridized carbons (Fsp3) is 0.611. The Morgan fingerprint density at radius 3 is 2.50 bits per heavy atom. The summed E-state index contributed by atoms with van der Waals surface area (Å²) in [7, 11) is -16.8. The third-order valence-electron chi connectivity index (χ3n) is 5.15. The molecule has 1 fully saturated rings. The second kappa shape index (κ2) is 14.9. The smallest absolute Gasteiger partial charge is 0.390 e. The highest BCUT2D eigenvalue weighted by Crippen LogP contribution is 2.66. The molecule has 2 unspecified atom stereocenters. The van der Waals surface area contributed by atoms with Gasteiger partial charge in [-0.15, -0.1) is 0 Å². The Balaban J connectivity index is 1.99. The van der Waals surface area contributed by atoms with Crippen LogP contribution in [0.1, 0.15) is 43.9 Å². The predicted molar refractivity (Wildman–Crippen MR) is 135 cm³/mol. The van der Waals surface area contributed by atoms with E-state index in [2.05, 4.69) is 23.4 Å². The van der Waals surface area contributed by atoms with Gasteiger partial charge < -0.3 is 40.5 Å². The Hall–Kier alpha value is -1.82. The van der Waals surface area contributed by atoms with Crippen molar-refractivity contribution in [3.05, 3.63) is 38.7 Å². The van der Waals surface area contributed by atoms with Crippen molar-refractivity contribution in [2.45, 2.75) is 50.5 Å². The summed E-state index contributed by atoms with van der Waals surface area (Å²) in [6.07, 6.45) is 2.41. The number of phosphoric acid groups is 3. The number of ether oxygens (including phenoxy) is 1. The summed E-state index contributed by atoms with van der Waals surface area (Å²) in [5, 5.41) is 12.9. The number of H-pyrrole nitrogens is 1. The molecule has 1 amide bonds. The Bertz CT molecular complexity index is 1310. The topological polar surface area (TPSA) is 299 Å². The van der Waals surface area contributed by atoms with Crippen molar-refractivity contribution < 1.29 is 61.1 Å². The van der Waals surface area contributed by atoms with Crippen molar-refractivity contribution in [3.63, 3.8) is 0 Å². The van der Waals surface area contributed by atoms with Gasteiger partial charge >= 0.3 is 29.2 Å². The van der Waals surface area contributed by atoms with Crippen molar-refractivity contribution in [3.8, 4) is 0 Å². The lowest BCUT2D eigenvalue weighted by Gasteiger charge is -2.19. The van der Waals surface area contributed by atoms with Crippen molar-refractivity contribution >= 4 is 35.5 Å². The van der Waals surface area contributed by atoms with Crippen molar-refractivity contribution in [2.24, 2.45) is 5.73 Å². The molecule has 19 nitrogen and oxygen atoms in total. The van der Waals surface area contributed by atoms with Crippen molar-refractivity contribution in [1.82, 2.24) is 14.9 Å². The van der Waals surface area contributed by atoms with Crippen LogP contribution in [0.2, 0.25) is 0 Å². The van der Waals surface area contributed by atoms with Crippen LogP contribution in [-0.4, -0.2) is 72.0 Å². The van der Waals surface area contributed by atoms with Gasteiger partial charge in [0.05, 0.1) is 18.3 Å². The number of nitrogens with zero attached hydrogens (tertiary/aromatic N) is 1. The van der Waals surface area contributed by atoms with E-state index in [1.807, 2.05) is 0 Å². The van der Waals surface area contributed by atoms with E-state index in [0.717, 1.165) is 23.6 Å². The molecule has 0 spiro atoms. The van der Waals surface area contributed by atoms with E-state index in [4.69, 9.17) is 20.3 Å². The molecule has 40 heavy (non-hydrogen) atoms. The number of rotatable bonds is 16. The molecule has 1 aromatic rings. The fourth-order valence-electron chi connectivity index (χ4n) is 3.39. The highest BCUT2D eigenvalue weighted by atomic mass is 31.3. The molecule has 0 radical (unpaired) electrons. The van der Waals surface area contributed by atoms with Crippen LogP contribution in [-0.2, 0) is 36.4 Å². The summed E-state index contributed by atoms with van der Waals surface area (Å²) in [6.45, 7) is -0.275. The Labute approximate surface area is 226 Å². The number of nitrogens with two attached hydrogens (primary N) is 1. The van der Waals surface area contributed by atoms with Crippen LogP contribution in [0.5, 0.6) is 0 Å². The molecule has 0 saturated carbocycles. The number of nitrogens with one attached hydrogen (secondary N) is 2. The zero-order valence-corrected chi connectivity index (χ0v) is 23.5. The molecule has 2 heterocycles. The van der Waals surface area contributed by atoms with E-state index < -0.39 is 59.8 Å². The van der Waals surface area contributed by atoms with Gasteiger partial charge in [-0.25, -0.2) is 18.5 Å². The molecule has 228 valence electrons. The number of aromatic nitrogens is 2. The maximum atomic E-state index is 12.3. The van der Waals surface area contributed by atoms with Gasteiger partial charge in [-0.05, 0) is 19.4 Å². The zero-order chi connectivity index (χ0) is 30.1. The van der Waals surface area contributed by atoms with E-state index in [1.54, 1.807) is 0 Å². The standard InChI is InChI=1S/C18H31N4O15P3/c19-7-3-1-2-6-15(24)20-8-4-5-12-10-22(18(26)21-17(12)25)16-9-13(23)14(35-16)11-34-39(30,31)37-40(32,33)36-38(27,28)29/h4-5,10,13-14,16,23H,1-3,6-9,11,19H2,(H,20,24)(H,30,31)(H,32,33)(H,21,25,26)(H2,27,28,29)/b5-4+/t13-,14+,16+/m0/s1. The van der Waals surface area contributed by atoms with E-state index in [1.165, 1.54) is 12.2 Å². The van der Waals surface area contributed by atoms with Crippen LogP contribution in [0.4, 0.5) is 0 Å². The van der Waals surface area contributed by atoms with Crippen LogP contribution >= 0.6 is 23.5 Å². The molecular weight excluding hydrogens is 605 g/mol. The van der Waals surface area contributed by atoms with Crippen molar-refractivity contribution in [1.29, 1.82) is 0 Å². The number of aromatic amines is 1. The minimum atomic E-state index is -5.73. The van der Waals surface area contributed by atoms with E-state index in [-0.39, 0.29) is 24.4 Å². The zero-order valence-electron chi connectivity index (χ0n) is 20.8. The third kappa shape index (κ3) is 12.0. The molecule has 1 saturated heterocycles. The number of aliphatic hydroxyl groups excluding tert-OH is 1. The van der Waals surface area contributed by atoms with Gasteiger partial charge in [0.25, 0.3) is 5.56 Å². The van der Waals surface area contributed by atoms with Gasteiger partial charge in [-0.2, -0.15) is 8.62 Å². The second-order valence-corrected chi connectivity index (χ2v) is 12.8. The molecule has 5 atom stereocenters. The summed E-state index contributed by atoms with van der Waals surface area (Å²) < 4.78 is 52.0. The van der Waals surface area contributed by atoms with Crippen LogP contribution in [0.3, 0.4) is 0 Å². The molecule has 9 N–H and O–H groups in total. The first-order chi connectivity index (χ1) is 18.5. The number of carbonyl (C=O) groups excluding carboxylic acids is 1.